The van der Waals surface area contributed by atoms with E-state index in [0.29, 0.717) is 18.0 Å². The van der Waals surface area contributed by atoms with Gasteiger partial charge in [0.15, 0.2) is 0 Å². The van der Waals surface area contributed by atoms with Crippen LogP contribution in [0.2, 0.25) is 0 Å². The normalized spacial score (nSPS) is 10.9. The molecule has 1 N–H and O–H groups in total. The Bertz CT molecular complexity index is 1290. The van der Waals surface area contributed by atoms with Crippen molar-refractivity contribution >= 4 is 17.2 Å². The van der Waals surface area contributed by atoms with Crippen molar-refractivity contribution in [3.05, 3.63) is 98.0 Å². The standard InChI is InChI=1S/C27H29N3O2S/c1-17-11-18(2)19(3)25(12-17)32-15-22-13-26(33-16-22)27(31)28-14-24-20(4)29-30(21(24)5)23-9-7-6-8-10-23/h6-13,16H,14-15H2,1-5H3,(H,28,31). The molecular formula is C27H29N3O2S. The maximum Gasteiger partial charge on any atom is 0.261 e. The first-order valence-electron chi connectivity index (χ1n) is 11.0. The van der Waals surface area contributed by atoms with E-state index in [1.165, 1.54) is 22.5 Å². The van der Waals surface area contributed by atoms with Gasteiger partial charge in [0.1, 0.15) is 12.4 Å². The molecule has 0 spiro atoms. The van der Waals surface area contributed by atoms with E-state index in [0.717, 1.165) is 39.5 Å². The number of nitrogens with one attached hydrogen (secondary N) is 1. The fourth-order valence-electron chi connectivity index (χ4n) is 3.89. The Hall–Kier alpha value is -3.38. The SMILES string of the molecule is Cc1cc(C)c(C)c(OCc2csc(C(=O)NCc3c(C)nn(-c4ccccc4)c3C)c2)c1. The third-order valence-electron chi connectivity index (χ3n) is 5.90. The van der Waals surface area contributed by atoms with Gasteiger partial charge in [0, 0.05) is 23.4 Å². The maximum atomic E-state index is 12.8. The molecule has 6 heteroatoms. The summed E-state index contributed by atoms with van der Waals surface area (Å²) in [6.07, 6.45) is 0. The van der Waals surface area contributed by atoms with Gasteiger partial charge < -0.3 is 10.1 Å². The molecule has 0 aliphatic rings. The summed E-state index contributed by atoms with van der Waals surface area (Å²) in [6, 6.07) is 16.1. The molecule has 170 valence electrons. The number of aromatic nitrogens is 2. The van der Waals surface area contributed by atoms with Gasteiger partial charge in [-0.1, -0.05) is 24.3 Å². The number of amides is 1. The smallest absolute Gasteiger partial charge is 0.261 e. The fourth-order valence-corrected chi connectivity index (χ4v) is 4.70. The van der Waals surface area contributed by atoms with Gasteiger partial charge in [-0.05, 0) is 81.0 Å². The molecule has 0 fully saturated rings. The number of carbonyl (C=O) groups is 1. The average molecular weight is 460 g/mol. The third kappa shape index (κ3) is 5.01. The van der Waals surface area contributed by atoms with Gasteiger partial charge in [0.25, 0.3) is 5.91 Å². The largest absolute Gasteiger partial charge is 0.489 e. The van der Waals surface area contributed by atoms with Gasteiger partial charge in [-0.25, -0.2) is 4.68 Å². The number of hydrogen-bond acceptors (Lipinski definition) is 4. The van der Waals surface area contributed by atoms with E-state index < -0.39 is 0 Å². The quantitative estimate of drug-likeness (QED) is 0.370. The van der Waals surface area contributed by atoms with Crippen molar-refractivity contribution in [2.45, 2.75) is 47.8 Å². The summed E-state index contributed by atoms with van der Waals surface area (Å²) in [6.45, 7) is 11.1. The predicted octanol–water partition coefficient (Wildman–Crippen LogP) is 5.98. The van der Waals surface area contributed by atoms with Crippen LogP contribution in [0.15, 0.2) is 53.9 Å². The molecule has 2 aromatic heterocycles. The van der Waals surface area contributed by atoms with Crippen LogP contribution in [0.4, 0.5) is 0 Å². The molecule has 0 atom stereocenters. The van der Waals surface area contributed by atoms with Gasteiger partial charge in [-0.15, -0.1) is 11.3 Å². The zero-order valence-electron chi connectivity index (χ0n) is 19.7. The van der Waals surface area contributed by atoms with Crippen molar-refractivity contribution in [3.8, 4) is 11.4 Å². The monoisotopic (exact) mass is 459 g/mol. The molecule has 1 amide bonds. The number of nitrogens with zero attached hydrogens (tertiary/aromatic N) is 2. The first kappa shape index (κ1) is 22.8. The van der Waals surface area contributed by atoms with E-state index in [2.05, 4.69) is 43.3 Å². The lowest BCUT2D eigenvalue weighted by molar-refractivity contribution is 0.0955. The topological polar surface area (TPSA) is 56.1 Å². The van der Waals surface area contributed by atoms with Crippen LogP contribution >= 0.6 is 11.3 Å². The summed E-state index contributed by atoms with van der Waals surface area (Å²) >= 11 is 1.44. The van der Waals surface area contributed by atoms with Crippen LogP contribution in [0, 0.1) is 34.6 Å². The van der Waals surface area contributed by atoms with E-state index in [-0.39, 0.29) is 5.91 Å². The molecule has 0 unspecified atom stereocenters. The Labute approximate surface area is 199 Å². The second kappa shape index (κ2) is 9.63. The van der Waals surface area contributed by atoms with Crippen molar-refractivity contribution in [2.75, 3.05) is 0 Å². The molecule has 0 radical (unpaired) electrons. The molecule has 33 heavy (non-hydrogen) atoms. The van der Waals surface area contributed by atoms with Gasteiger partial charge in [0.05, 0.1) is 16.3 Å². The van der Waals surface area contributed by atoms with Crippen LogP contribution in [0.5, 0.6) is 5.75 Å². The molecule has 0 saturated heterocycles. The number of rotatable bonds is 7. The average Bonchev–Trinajstić information content (AvgIpc) is 3.39. The second-order valence-electron chi connectivity index (χ2n) is 8.39. The molecule has 4 aromatic rings. The molecule has 0 aliphatic heterocycles. The van der Waals surface area contributed by atoms with Crippen molar-refractivity contribution in [1.29, 1.82) is 0 Å². The Kier molecular flexibility index (Phi) is 6.65. The summed E-state index contributed by atoms with van der Waals surface area (Å²) < 4.78 is 7.97. The number of aryl methyl sites for hydroxylation is 3. The zero-order valence-corrected chi connectivity index (χ0v) is 20.5. The predicted molar refractivity (Wildman–Crippen MR) is 134 cm³/mol. The van der Waals surface area contributed by atoms with E-state index in [4.69, 9.17) is 4.74 Å². The summed E-state index contributed by atoms with van der Waals surface area (Å²) in [5.41, 5.74) is 8.54. The molecular weight excluding hydrogens is 430 g/mol. The van der Waals surface area contributed by atoms with Gasteiger partial charge >= 0.3 is 0 Å². The van der Waals surface area contributed by atoms with Gasteiger partial charge in [0.2, 0.25) is 0 Å². The van der Waals surface area contributed by atoms with Gasteiger partial charge in [-0.3, -0.25) is 4.79 Å². The number of benzene rings is 2. The maximum absolute atomic E-state index is 12.8. The summed E-state index contributed by atoms with van der Waals surface area (Å²) in [5.74, 6) is 0.811. The highest BCUT2D eigenvalue weighted by Gasteiger charge is 2.15. The van der Waals surface area contributed by atoms with E-state index >= 15 is 0 Å². The molecule has 0 bridgehead atoms. The van der Waals surface area contributed by atoms with Crippen molar-refractivity contribution in [3.63, 3.8) is 0 Å². The van der Waals surface area contributed by atoms with Crippen LogP contribution in [0.1, 0.15) is 48.9 Å². The summed E-state index contributed by atoms with van der Waals surface area (Å²) in [5, 5.41) is 9.69. The van der Waals surface area contributed by atoms with Crippen LogP contribution in [-0.2, 0) is 13.2 Å². The Morgan fingerprint density at radius 1 is 1.06 bits per heavy atom. The molecule has 4 rings (SSSR count). The lowest BCUT2D eigenvalue weighted by Crippen LogP contribution is -2.22. The number of ether oxygens (including phenoxy) is 1. The van der Waals surface area contributed by atoms with Crippen LogP contribution in [-0.4, -0.2) is 15.7 Å². The number of para-hydroxylation sites is 1. The van der Waals surface area contributed by atoms with Crippen LogP contribution in [0.25, 0.3) is 5.69 Å². The molecule has 0 saturated carbocycles. The van der Waals surface area contributed by atoms with Crippen molar-refractivity contribution in [2.24, 2.45) is 0 Å². The van der Waals surface area contributed by atoms with E-state index in [1.54, 1.807) is 0 Å². The minimum Gasteiger partial charge on any atom is -0.489 e. The number of hydrogen-bond donors (Lipinski definition) is 1. The minimum atomic E-state index is -0.0832. The first-order valence-corrected chi connectivity index (χ1v) is 11.9. The third-order valence-corrected chi connectivity index (χ3v) is 6.88. The summed E-state index contributed by atoms with van der Waals surface area (Å²) in [4.78, 5) is 13.5. The highest BCUT2D eigenvalue weighted by atomic mass is 32.1. The van der Waals surface area contributed by atoms with Crippen molar-refractivity contribution in [1.82, 2.24) is 15.1 Å². The van der Waals surface area contributed by atoms with Crippen molar-refractivity contribution < 1.29 is 9.53 Å². The molecule has 5 nitrogen and oxygen atoms in total. The Balaban J connectivity index is 1.39. The van der Waals surface area contributed by atoms with Gasteiger partial charge in [-0.2, -0.15) is 5.10 Å². The van der Waals surface area contributed by atoms with Crippen LogP contribution < -0.4 is 10.1 Å². The Morgan fingerprint density at radius 2 is 1.82 bits per heavy atom. The van der Waals surface area contributed by atoms with E-state index in [1.807, 2.05) is 60.3 Å². The molecule has 2 heterocycles. The lowest BCUT2D eigenvalue weighted by Gasteiger charge is -2.11. The van der Waals surface area contributed by atoms with Crippen LogP contribution in [0.3, 0.4) is 0 Å². The molecule has 2 aromatic carbocycles. The highest BCUT2D eigenvalue weighted by Crippen LogP contribution is 2.25. The Morgan fingerprint density at radius 3 is 2.58 bits per heavy atom. The highest BCUT2D eigenvalue weighted by molar-refractivity contribution is 7.12. The number of carbonyl (C=O) groups excluding carboxylic acids is 1. The molecule has 0 aliphatic carbocycles. The first-order chi connectivity index (χ1) is 15.8. The second-order valence-corrected chi connectivity index (χ2v) is 9.30. The summed E-state index contributed by atoms with van der Waals surface area (Å²) in [7, 11) is 0. The zero-order chi connectivity index (χ0) is 23.5. The fraction of sp³-hybridized carbons (Fsp3) is 0.259. The van der Waals surface area contributed by atoms with E-state index in [9.17, 15) is 4.79 Å². The number of thiophene rings is 1. The lowest BCUT2D eigenvalue weighted by atomic mass is 10.1. The minimum absolute atomic E-state index is 0.0832.